The highest BCUT2D eigenvalue weighted by Crippen LogP contribution is 2.15. The second-order valence-electron chi connectivity index (χ2n) is 4.71. The number of oxime groups is 1. The summed E-state index contributed by atoms with van der Waals surface area (Å²) in [6.07, 6.45) is 3.48. The molecule has 2 unspecified atom stereocenters. The third-order valence-electron chi connectivity index (χ3n) is 3.25. The van der Waals surface area contributed by atoms with E-state index in [1.807, 2.05) is 0 Å². The molecule has 1 saturated heterocycles. The Labute approximate surface area is 110 Å². The first-order valence-corrected chi connectivity index (χ1v) is 6.52. The number of carboxylic acid groups (broad SMARTS) is 1. The maximum atomic E-state index is 11.7. The average molecular weight is 270 g/mol. The maximum absolute atomic E-state index is 11.7. The molecule has 0 aliphatic carbocycles. The first-order chi connectivity index (χ1) is 9.16. The van der Waals surface area contributed by atoms with Crippen molar-refractivity contribution >= 4 is 17.6 Å². The van der Waals surface area contributed by atoms with E-state index in [0.29, 0.717) is 6.54 Å². The fourth-order valence-electron chi connectivity index (χ4n) is 2.15. The zero-order valence-corrected chi connectivity index (χ0v) is 10.6. The van der Waals surface area contributed by atoms with Crippen LogP contribution in [0.1, 0.15) is 32.1 Å². The summed E-state index contributed by atoms with van der Waals surface area (Å²) in [6, 6.07) is 0. The van der Waals surface area contributed by atoms with Gasteiger partial charge in [0.05, 0.1) is 6.10 Å². The van der Waals surface area contributed by atoms with Gasteiger partial charge in [0.1, 0.15) is 0 Å². The summed E-state index contributed by atoms with van der Waals surface area (Å²) < 4.78 is 5.55. The Bertz CT molecular complexity index is 376. The molecule has 2 heterocycles. The minimum atomic E-state index is -1.15. The van der Waals surface area contributed by atoms with Crippen LogP contribution in [0.4, 0.5) is 0 Å². The Hall–Kier alpha value is -1.63. The average Bonchev–Trinajstić information content (AvgIpc) is 2.89. The molecule has 0 aromatic heterocycles. The maximum Gasteiger partial charge on any atom is 0.353 e. The van der Waals surface area contributed by atoms with Gasteiger partial charge in [-0.3, -0.25) is 4.79 Å². The lowest BCUT2D eigenvalue weighted by molar-refractivity contribution is -0.131. The molecule has 0 spiro atoms. The largest absolute Gasteiger partial charge is 0.477 e. The summed E-state index contributed by atoms with van der Waals surface area (Å²) >= 11 is 0. The van der Waals surface area contributed by atoms with E-state index in [4.69, 9.17) is 14.7 Å². The van der Waals surface area contributed by atoms with Gasteiger partial charge >= 0.3 is 5.97 Å². The zero-order valence-electron chi connectivity index (χ0n) is 10.6. The molecular formula is C12H18N2O5. The molecule has 106 valence electrons. The predicted octanol–water partition coefficient (Wildman–Crippen LogP) is 0.291. The first kappa shape index (κ1) is 13.8. The summed E-state index contributed by atoms with van der Waals surface area (Å²) in [7, 11) is 0. The van der Waals surface area contributed by atoms with Crippen LogP contribution in [0, 0.1) is 0 Å². The van der Waals surface area contributed by atoms with Crippen molar-refractivity contribution in [1.82, 2.24) is 5.32 Å². The summed E-state index contributed by atoms with van der Waals surface area (Å²) in [5.41, 5.74) is -0.115. The summed E-state index contributed by atoms with van der Waals surface area (Å²) in [5, 5.41) is 14.8. The van der Waals surface area contributed by atoms with E-state index in [2.05, 4.69) is 10.5 Å². The van der Waals surface area contributed by atoms with E-state index in [1.165, 1.54) is 6.42 Å². The van der Waals surface area contributed by atoms with Crippen LogP contribution in [0.2, 0.25) is 0 Å². The Morgan fingerprint density at radius 1 is 1.42 bits per heavy atom. The quantitative estimate of drug-likeness (QED) is 0.748. The number of amides is 1. The molecule has 0 saturated carbocycles. The van der Waals surface area contributed by atoms with Crippen LogP contribution in [0.25, 0.3) is 0 Å². The first-order valence-electron chi connectivity index (χ1n) is 6.52. The van der Waals surface area contributed by atoms with E-state index >= 15 is 0 Å². The van der Waals surface area contributed by atoms with Gasteiger partial charge in [-0.05, 0) is 25.7 Å². The fourth-order valence-corrected chi connectivity index (χ4v) is 2.15. The van der Waals surface area contributed by atoms with Gasteiger partial charge in [-0.1, -0.05) is 5.16 Å². The molecular weight excluding hydrogens is 252 g/mol. The van der Waals surface area contributed by atoms with Gasteiger partial charge < -0.3 is 20.0 Å². The molecule has 2 rings (SSSR count). The van der Waals surface area contributed by atoms with Crippen LogP contribution in [0.15, 0.2) is 5.16 Å². The van der Waals surface area contributed by atoms with Crippen LogP contribution < -0.4 is 5.32 Å². The third-order valence-corrected chi connectivity index (χ3v) is 3.25. The van der Waals surface area contributed by atoms with E-state index in [0.717, 1.165) is 25.9 Å². The predicted molar refractivity (Wildman–Crippen MR) is 65.8 cm³/mol. The molecule has 1 fully saturated rings. The number of aliphatic carboxylic acids is 1. The molecule has 0 radical (unpaired) electrons. The van der Waals surface area contributed by atoms with Crippen molar-refractivity contribution in [3.05, 3.63) is 0 Å². The number of carboxylic acids is 1. The number of ether oxygens (including phenoxy) is 1. The number of carbonyl (C=O) groups is 2. The Morgan fingerprint density at radius 3 is 2.89 bits per heavy atom. The van der Waals surface area contributed by atoms with E-state index in [-0.39, 0.29) is 24.1 Å². The monoisotopic (exact) mass is 270 g/mol. The van der Waals surface area contributed by atoms with Gasteiger partial charge in [-0.25, -0.2) is 4.79 Å². The summed E-state index contributed by atoms with van der Waals surface area (Å²) in [6.45, 7) is 1.30. The van der Waals surface area contributed by atoms with Crippen molar-refractivity contribution in [2.45, 2.75) is 44.3 Å². The number of carbonyl (C=O) groups excluding carboxylic acids is 1. The van der Waals surface area contributed by atoms with Crippen LogP contribution in [0.3, 0.4) is 0 Å². The van der Waals surface area contributed by atoms with Gasteiger partial charge in [-0.15, -0.1) is 0 Å². The van der Waals surface area contributed by atoms with Crippen molar-refractivity contribution in [2.24, 2.45) is 5.16 Å². The Morgan fingerprint density at radius 2 is 2.26 bits per heavy atom. The fraction of sp³-hybridized carbons (Fsp3) is 0.750. The number of nitrogens with one attached hydrogen (secondary N) is 1. The van der Waals surface area contributed by atoms with Gasteiger partial charge in [0.25, 0.3) is 5.91 Å². The summed E-state index contributed by atoms with van der Waals surface area (Å²) in [5.74, 6) is -1.47. The zero-order chi connectivity index (χ0) is 13.7. The molecule has 7 nitrogen and oxygen atoms in total. The lowest BCUT2D eigenvalue weighted by Gasteiger charge is -2.22. The molecule has 2 atom stereocenters. The van der Waals surface area contributed by atoms with Crippen LogP contribution in [-0.2, 0) is 19.2 Å². The topological polar surface area (TPSA) is 97.2 Å². The number of rotatable bonds is 5. The van der Waals surface area contributed by atoms with E-state index < -0.39 is 12.1 Å². The van der Waals surface area contributed by atoms with Gasteiger partial charge in [0.15, 0.2) is 5.71 Å². The second kappa shape index (κ2) is 6.51. The molecule has 0 aromatic carbocycles. The van der Waals surface area contributed by atoms with Crippen LogP contribution in [0.5, 0.6) is 0 Å². The molecule has 2 N–H and O–H groups in total. The molecule has 19 heavy (non-hydrogen) atoms. The number of hydrogen-bond donors (Lipinski definition) is 2. The van der Waals surface area contributed by atoms with Crippen LogP contribution >= 0.6 is 0 Å². The van der Waals surface area contributed by atoms with Crippen molar-refractivity contribution in [1.29, 1.82) is 0 Å². The highest BCUT2D eigenvalue weighted by Gasteiger charge is 2.31. The molecule has 1 amide bonds. The molecule has 0 bridgehead atoms. The van der Waals surface area contributed by atoms with Crippen molar-refractivity contribution in [3.8, 4) is 0 Å². The highest BCUT2D eigenvalue weighted by atomic mass is 16.6. The van der Waals surface area contributed by atoms with Crippen LogP contribution in [-0.4, -0.2) is 48.1 Å². The Kier molecular flexibility index (Phi) is 4.73. The smallest absolute Gasteiger partial charge is 0.353 e. The lowest BCUT2D eigenvalue weighted by atomic mass is 10.1. The van der Waals surface area contributed by atoms with Crippen molar-refractivity contribution < 1.29 is 24.3 Å². The summed E-state index contributed by atoms with van der Waals surface area (Å²) in [4.78, 5) is 27.1. The number of hydrogen-bond acceptors (Lipinski definition) is 5. The van der Waals surface area contributed by atoms with Crippen molar-refractivity contribution in [3.63, 3.8) is 0 Å². The number of nitrogens with zero attached hydrogens (tertiary/aromatic N) is 1. The highest BCUT2D eigenvalue weighted by molar-refractivity contribution is 6.36. The third kappa shape index (κ3) is 3.92. The van der Waals surface area contributed by atoms with Gasteiger partial charge in [-0.2, -0.15) is 0 Å². The van der Waals surface area contributed by atoms with Crippen molar-refractivity contribution in [2.75, 3.05) is 13.2 Å². The second-order valence-corrected chi connectivity index (χ2v) is 4.71. The molecule has 0 aromatic rings. The van der Waals surface area contributed by atoms with E-state index in [1.54, 1.807) is 0 Å². The van der Waals surface area contributed by atoms with Gasteiger partial charge in [0, 0.05) is 19.6 Å². The normalized spacial score (nSPS) is 26.4. The lowest BCUT2D eigenvalue weighted by Crippen LogP contribution is -2.37. The SMILES string of the molecule is O=C(O)C1=NOC(C(=O)NCCC2CCCCO2)C1. The molecule has 7 heteroatoms. The van der Waals surface area contributed by atoms with Gasteiger partial charge in [0.2, 0.25) is 6.10 Å². The minimum Gasteiger partial charge on any atom is -0.477 e. The standard InChI is InChI=1S/C12H18N2O5/c15-11(10-7-9(12(16)17)14-19-10)13-5-4-8-3-1-2-6-18-8/h8,10H,1-7H2,(H,13,15)(H,16,17). The molecule has 2 aliphatic heterocycles. The van der Waals surface area contributed by atoms with E-state index in [9.17, 15) is 9.59 Å². The minimum absolute atomic E-state index is 0.0150. The Balaban J connectivity index is 1.64. The molecule has 2 aliphatic rings.